The standard InChI is InChI=1S/C21H23ClF3N3O2/c1-4-28(5-2)19(14-7-6-8-15(11-14)21(23,24)25)20(30)27-18-10-9-16(12-17(18)22)26-13(3)29/h6-12,19H,4-5H2,1-3H3,(H,26,29)(H,27,30). The fourth-order valence-electron chi connectivity index (χ4n) is 3.10. The van der Waals surface area contributed by atoms with E-state index in [1.807, 2.05) is 13.8 Å². The molecule has 0 bridgehead atoms. The quantitative estimate of drug-likeness (QED) is 0.609. The van der Waals surface area contributed by atoms with Gasteiger partial charge in [-0.1, -0.05) is 37.6 Å². The number of nitrogens with one attached hydrogen (secondary N) is 2. The Morgan fingerprint density at radius 2 is 1.73 bits per heavy atom. The molecule has 0 saturated carbocycles. The van der Waals surface area contributed by atoms with E-state index in [0.29, 0.717) is 24.5 Å². The topological polar surface area (TPSA) is 61.4 Å². The van der Waals surface area contributed by atoms with E-state index in [4.69, 9.17) is 11.6 Å². The first-order valence-electron chi connectivity index (χ1n) is 9.36. The number of carbonyl (C=O) groups is 2. The number of anilines is 2. The van der Waals surface area contributed by atoms with Crippen molar-refractivity contribution in [3.8, 4) is 0 Å². The predicted molar refractivity (Wildman–Crippen MR) is 111 cm³/mol. The van der Waals surface area contributed by atoms with Crippen LogP contribution in [0, 0.1) is 0 Å². The van der Waals surface area contributed by atoms with E-state index in [-0.39, 0.29) is 16.5 Å². The molecule has 1 atom stereocenters. The number of amides is 2. The van der Waals surface area contributed by atoms with E-state index in [9.17, 15) is 22.8 Å². The number of nitrogens with zero attached hydrogens (tertiary/aromatic N) is 1. The molecule has 9 heteroatoms. The fourth-order valence-corrected chi connectivity index (χ4v) is 3.33. The van der Waals surface area contributed by atoms with Gasteiger partial charge in [0.25, 0.3) is 0 Å². The van der Waals surface area contributed by atoms with Gasteiger partial charge in [0.05, 0.1) is 16.3 Å². The van der Waals surface area contributed by atoms with Gasteiger partial charge in [0, 0.05) is 12.6 Å². The van der Waals surface area contributed by atoms with Crippen LogP contribution < -0.4 is 10.6 Å². The van der Waals surface area contributed by atoms with Gasteiger partial charge < -0.3 is 10.6 Å². The van der Waals surface area contributed by atoms with Crippen molar-refractivity contribution in [2.75, 3.05) is 23.7 Å². The van der Waals surface area contributed by atoms with Crippen LogP contribution in [0.5, 0.6) is 0 Å². The number of alkyl halides is 3. The molecule has 162 valence electrons. The molecule has 2 rings (SSSR count). The van der Waals surface area contributed by atoms with E-state index in [1.165, 1.54) is 31.2 Å². The number of hydrogen-bond donors (Lipinski definition) is 2. The molecule has 30 heavy (non-hydrogen) atoms. The Bertz CT molecular complexity index is 915. The van der Waals surface area contributed by atoms with E-state index in [2.05, 4.69) is 10.6 Å². The van der Waals surface area contributed by atoms with Crippen LogP contribution >= 0.6 is 11.6 Å². The van der Waals surface area contributed by atoms with Crippen LogP contribution in [0.25, 0.3) is 0 Å². The second-order valence-electron chi connectivity index (χ2n) is 6.61. The van der Waals surface area contributed by atoms with Crippen LogP contribution in [-0.4, -0.2) is 29.8 Å². The number of likely N-dealkylation sites (N-methyl/N-ethyl adjacent to an activating group) is 1. The lowest BCUT2D eigenvalue weighted by Crippen LogP contribution is -2.37. The van der Waals surface area contributed by atoms with Crippen LogP contribution in [0.4, 0.5) is 24.5 Å². The Balaban J connectivity index is 2.37. The van der Waals surface area contributed by atoms with Crippen LogP contribution in [-0.2, 0) is 15.8 Å². The van der Waals surface area contributed by atoms with Gasteiger partial charge in [-0.3, -0.25) is 14.5 Å². The first-order valence-corrected chi connectivity index (χ1v) is 9.73. The van der Waals surface area contributed by atoms with Gasteiger partial charge in [-0.05, 0) is 49.0 Å². The Hall–Kier alpha value is -2.58. The van der Waals surface area contributed by atoms with Crippen molar-refractivity contribution in [2.45, 2.75) is 33.0 Å². The molecule has 0 heterocycles. The molecule has 0 aliphatic heterocycles. The summed E-state index contributed by atoms with van der Waals surface area (Å²) in [5.41, 5.74) is 0.170. The maximum atomic E-state index is 13.2. The molecular weight excluding hydrogens is 419 g/mol. The lowest BCUT2D eigenvalue weighted by Gasteiger charge is -2.29. The SMILES string of the molecule is CCN(CC)C(C(=O)Nc1ccc(NC(C)=O)cc1Cl)c1cccc(C(F)(F)F)c1. The average Bonchev–Trinajstić information content (AvgIpc) is 2.67. The minimum absolute atomic E-state index is 0.192. The zero-order chi connectivity index (χ0) is 22.5. The van der Waals surface area contributed by atoms with Gasteiger partial charge in [0.1, 0.15) is 6.04 Å². The molecule has 0 aromatic heterocycles. The summed E-state index contributed by atoms with van der Waals surface area (Å²) in [6.45, 7) is 5.92. The Labute approximate surface area is 178 Å². The van der Waals surface area contributed by atoms with E-state index in [1.54, 1.807) is 11.0 Å². The molecule has 2 aromatic rings. The highest BCUT2D eigenvalue weighted by atomic mass is 35.5. The van der Waals surface area contributed by atoms with Crippen molar-refractivity contribution in [3.63, 3.8) is 0 Å². The number of halogens is 4. The molecule has 0 fully saturated rings. The maximum absolute atomic E-state index is 13.2. The van der Waals surface area contributed by atoms with Crippen LogP contribution in [0.3, 0.4) is 0 Å². The van der Waals surface area contributed by atoms with Gasteiger partial charge >= 0.3 is 6.18 Å². The van der Waals surface area contributed by atoms with Crippen molar-refractivity contribution < 1.29 is 22.8 Å². The van der Waals surface area contributed by atoms with Crippen molar-refractivity contribution in [3.05, 3.63) is 58.6 Å². The molecule has 0 aliphatic carbocycles. The first kappa shape index (κ1) is 23.7. The molecule has 5 nitrogen and oxygen atoms in total. The molecule has 2 aromatic carbocycles. The van der Waals surface area contributed by atoms with Crippen molar-refractivity contribution in [1.82, 2.24) is 4.90 Å². The van der Waals surface area contributed by atoms with Gasteiger partial charge in [-0.25, -0.2) is 0 Å². The Morgan fingerprint density at radius 1 is 1.07 bits per heavy atom. The van der Waals surface area contributed by atoms with Gasteiger partial charge in [0.15, 0.2) is 0 Å². The minimum Gasteiger partial charge on any atom is -0.326 e. The summed E-state index contributed by atoms with van der Waals surface area (Å²) >= 11 is 6.21. The van der Waals surface area contributed by atoms with Crippen LogP contribution in [0.15, 0.2) is 42.5 Å². The second kappa shape index (κ2) is 9.95. The van der Waals surface area contributed by atoms with Crippen LogP contribution in [0.2, 0.25) is 5.02 Å². The molecular formula is C21H23ClF3N3O2. The maximum Gasteiger partial charge on any atom is 0.416 e. The third-order valence-corrected chi connectivity index (χ3v) is 4.82. The van der Waals surface area contributed by atoms with Gasteiger partial charge in [-0.15, -0.1) is 0 Å². The molecule has 0 radical (unpaired) electrons. The number of rotatable bonds is 7. The zero-order valence-electron chi connectivity index (χ0n) is 16.8. The van der Waals surface area contributed by atoms with Crippen molar-refractivity contribution in [1.29, 1.82) is 0 Å². The first-order chi connectivity index (χ1) is 14.1. The lowest BCUT2D eigenvalue weighted by molar-refractivity contribution is -0.137. The molecule has 2 N–H and O–H groups in total. The molecule has 2 amide bonds. The highest BCUT2D eigenvalue weighted by Gasteiger charge is 2.33. The zero-order valence-corrected chi connectivity index (χ0v) is 17.6. The Kier molecular flexibility index (Phi) is 7.86. The van der Waals surface area contributed by atoms with Gasteiger partial charge in [-0.2, -0.15) is 13.2 Å². The number of benzene rings is 2. The van der Waals surface area contributed by atoms with E-state index in [0.717, 1.165) is 12.1 Å². The lowest BCUT2D eigenvalue weighted by atomic mass is 10.0. The van der Waals surface area contributed by atoms with Crippen LogP contribution in [0.1, 0.15) is 37.9 Å². The summed E-state index contributed by atoms with van der Waals surface area (Å²) in [6, 6.07) is 8.39. The summed E-state index contributed by atoms with van der Waals surface area (Å²) in [7, 11) is 0. The highest BCUT2D eigenvalue weighted by Crippen LogP contribution is 2.33. The second-order valence-corrected chi connectivity index (χ2v) is 7.02. The molecule has 1 unspecified atom stereocenters. The fraction of sp³-hybridized carbons (Fsp3) is 0.333. The summed E-state index contributed by atoms with van der Waals surface area (Å²) in [5.74, 6) is -0.777. The number of hydrogen-bond acceptors (Lipinski definition) is 3. The van der Waals surface area contributed by atoms with E-state index >= 15 is 0 Å². The monoisotopic (exact) mass is 441 g/mol. The third-order valence-electron chi connectivity index (χ3n) is 4.50. The summed E-state index contributed by atoms with van der Waals surface area (Å²) in [4.78, 5) is 26.0. The smallest absolute Gasteiger partial charge is 0.326 e. The predicted octanol–water partition coefficient (Wildman–Crippen LogP) is 5.34. The highest BCUT2D eigenvalue weighted by molar-refractivity contribution is 6.34. The summed E-state index contributed by atoms with van der Waals surface area (Å²) in [6.07, 6.45) is -4.51. The number of carbonyl (C=O) groups excluding carboxylic acids is 2. The van der Waals surface area contributed by atoms with E-state index < -0.39 is 23.7 Å². The largest absolute Gasteiger partial charge is 0.416 e. The minimum atomic E-state index is -4.51. The van der Waals surface area contributed by atoms with Crippen molar-refractivity contribution >= 4 is 34.8 Å². The molecule has 0 spiro atoms. The third kappa shape index (κ3) is 5.96. The summed E-state index contributed by atoms with van der Waals surface area (Å²) in [5, 5.41) is 5.46. The molecule has 0 aliphatic rings. The van der Waals surface area contributed by atoms with Crippen molar-refractivity contribution in [2.24, 2.45) is 0 Å². The normalized spacial score (nSPS) is 12.5. The summed E-state index contributed by atoms with van der Waals surface area (Å²) < 4.78 is 39.5. The Morgan fingerprint density at radius 3 is 2.27 bits per heavy atom. The van der Waals surface area contributed by atoms with Gasteiger partial charge in [0.2, 0.25) is 11.8 Å². The average molecular weight is 442 g/mol. The molecule has 0 saturated heterocycles.